The van der Waals surface area contributed by atoms with E-state index in [4.69, 9.17) is 5.73 Å². The van der Waals surface area contributed by atoms with Crippen LogP contribution in [0.3, 0.4) is 0 Å². The predicted octanol–water partition coefficient (Wildman–Crippen LogP) is 2.57. The predicted molar refractivity (Wildman–Crippen MR) is 115 cm³/mol. The van der Waals surface area contributed by atoms with Gasteiger partial charge in [-0.3, -0.25) is 4.79 Å². The number of benzene rings is 1. The molecule has 0 unspecified atom stereocenters. The Balaban J connectivity index is 0.00000392. The van der Waals surface area contributed by atoms with Crippen LogP contribution in [0, 0.1) is 25.2 Å². The lowest BCUT2D eigenvalue weighted by molar-refractivity contribution is -0.136. The number of rotatable bonds is 6. The molecule has 0 aromatic heterocycles. The molecule has 2 rings (SSSR count). The lowest BCUT2D eigenvalue weighted by atomic mass is 9.91. The topological polar surface area (TPSA) is 83.7 Å². The highest BCUT2D eigenvalue weighted by Crippen LogP contribution is 2.26. The summed E-state index contributed by atoms with van der Waals surface area (Å²) in [6, 6.07) is 5.23. The third-order valence-electron chi connectivity index (χ3n) is 5.51. The third-order valence-corrected chi connectivity index (χ3v) is 7.41. The first-order valence-corrected chi connectivity index (χ1v) is 10.9. The normalized spacial score (nSPS) is 16.5. The Morgan fingerprint density at radius 1 is 1.21 bits per heavy atom. The van der Waals surface area contributed by atoms with Crippen LogP contribution >= 0.6 is 12.4 Å². The molecule has 160 valence electrons. The van der Waals surface area contributed by atoms with Crippen molar-refractivity contribution >= 4 is 28.3 Å². The summed E-state index contributed by atoms with van der Waals surface area (Å²) >= 11 is 0. The standard InChI is InChI=1S/C20H33N3O3S.ClH/c1-15-6-7-18(12-16(15)2)27(25,26)23-10-8-17(9-11-23)19(24)22(5)14-20(3,4)13-21;/h6-7,12,17H,8-11,13-14,21H2,1-5H3;1H. The molecule has 28 heavy (non-hydrogen) atoms. The van der Waals surface area contributed by atoms with Crippen molar-refractivity contribution in [1.29, 1.82) is 0 Å². The molecule has 1 amide bonds. The van der Waals surface area contributed by atoms with Crippen LogP contribution in [0.2, 0.25) is 0 Å². The van der Waals surface area contributed by atoms with E-state index in [0.717, 1.165) is 11.1 Å². The third kappa shape index (κ3) is 5.69. The molecule has 0 spiro atoms. The van der Waals surface area contributed by atoms with Crippen molar-refractivity contribution in [1.82, 2.24) is 9.21 Å². The molecule has 6 nitrogen and oxygen atoms in total. The van der Waals surface area contributed by atoms with Gasteiger partial charge >= 0.3 is 0 Å². The molecular formula is C20H34ClN3O3S. The minimum absolute atomic E-state index is 0. The number of sulfonamides is 1. The number of piperidine rings is 1. The summed E-state index contributed by atoms with van der Waals surface area (Å²) in [5.41, 5.74) is 7.67. The lowest BCUT2D eigenvalue weighted by Crippen LogP contribution is -2.46. The summed E-state index contributed by atoms with van der Waals surface area (Å²) in [6.07, 6.45) is 1.10. The Labute approximate surface area is 175 Å². The fourth-order valence-electron chi connectivity index (χ4n) is 3.46. The van der Waals surface area contributed by atoms with Crippen LogP contribution in [-0.2, 0) is 14.8 Å². The maximum atomic E-state index is 12.9. The fourth-order valence-corrected chi connectivity index (χ4v) is 5.02. The smallest absolute Gasteiger partial charge is 0.243 e. The van der Waals surface area contributed by atoms with Crippen LogP contribution < -0.4 is 5.73 Å². The summed E-state index contributed by atoms with van der Waals surface area (Å²) in [5, 5.41) is 0. The number of nitrogens with zero attached hydrogens (tertiary/aromatic N) is 2. The summed E-state index contributed by atoms with van der Waals surface area (Å²) in [4.78, 5) is 14.8. The van der Waals surface area contributed by atoms with Gasteiger partial charge < -0.3 is 10.6 Å². The van der Waals surface area contributed by atoms with Crippen LogP contribution in [0.4, 0.5) is 0 Å². The Morgan fingerprint density at radius 2 is 1.79 bits per heavy atom. The van der Waals surface area contributed by atoms with Crippen molar-refractivity contribution in [2.75, 3.05) is 33.2 Å². The first kappa shape index (κ1) is 24.9. The molecule has 0 saturated carbocycles. The maximum Gasteiger partial charge on any atom is 0.243 e. The molecule has 0 radical (unpaired) electrons. The van der Waals surface area contributed by atoms with Gasteiger partial charge in [-0.05, 0) is 61.9 Å². The van der Waals surface area contributed by atoms with Gasteiger partial charge in [0.05, 0.1) is 4.90 Å². The Morgan fingerprint density at radius 3 is 2.29 bits per heavy atom. The molecular weight excluding hydrogens is 398 g/mol. The molecule has 0 bridgehead atoms. The van der Waals surface area contributed by atoms with Crippen molar-refractivity contribution in [3.8, 4) is 0 Å². The van der Waals surface area contributed by atoms with Gasteiger partial charge in [-0.2, -0.15) is 4.31 Å². The van der Waals surface area contributed by atoms with E-state index >= 15 is 0 Å². The average molecular weight is 432 g/mol. The fraction of sp³-hybridized carbons (Fsp3) is 0.650. The summed E-state index contributed by atoms with van der Waals surface area (Å²) in [7, 11) is -1.71. The van der Waals surface area contributed by atoms with Crippen LogP contribution in [0.5, 0.6) is 0 Å². The Bertz CT molecular complexity index is 788. The van der Waals surface area contributed by atoms with Gasteiger partial charge in [0.15, 0.2) is 0 Å². The van der Waals surface area contributed by atoms with Gasteiger partial charge in [0.1, 0.15) is 0 Å². The number of carbonyl (C=O) groups is 1. The molecule has 1 aromatic carbocycles. The number of carbonyl (C=O) groups excluding carboxylic acids is 1. The minimum atomic E-state index is -3.51. The highest BCUT2D eigenvalue weighted by atomic mass is 35.5. The number of halogens is 1. The van der Waals surface area contributed by atoms with Gasteiger partial charge in [-0.25, -0.2) is 8.42 Å². The van der Waals surface area contributed by atoms with E-state index in [1.165, 1.54) is 4.31 Å². The van der Waals surface area contributed by atoms with Gasteiger partial charge in [0.25, 0.3) is 0 Å². The van der Waals surface area contributed by atoms with Gasteiger partial charge in [-0.15, -0.1) is 12.4 Å². The second-order valence-corrected chi connectivity index (χ2v) is 10.4. The van der Waals surface area contributed by atoms with E-state index in [1.807, 2.05) is 33.8 Å². The number of hydrogen-bond acceptors (Lipinski definition) is 4. The highest BCUT2D eigenvalue weighted by Gasteiger charge is 2.34. The molecule has 8 heteroatoms. The number of nitrogens with two attached hydrogens (primary N) is 1. The highest BCUT2D eigenvalue weighted by molar-refractivity contribution is 7.89. The van der Waals surface area contributed by atoms with E-state index < -0.39 is 10.0 Å². The van der Waals surface area contributed by atoms with Gasteiger partial charge in [-0.1, -0.05) is 19.9 Å². The first-order chi connectivity index (χ1) is 12.5. The van der Waals surface area contributed by atoms with Crippen LogP contribution in [0.25, 0.3) is 0 Å². The Hall–Kier alpha value is -1.15. The molecule has 1 saturated heterocycles. The van der Waals surface area contributed by atoms with E-state index in [9.17, 15) is 13.2 Å². The quantitative estimate of drug-likeness (QED) is 0.750. The molecule has 1 aliphatic heterocycles. The maximum absolute atomic E-state index is 12.9. The van der Waals surface area contributed by atoms with Crippen molar-refractivity contribution in [2.24, 2.45) is 17.1 Å². The summed E-state index contributed by atoms with van der Waals surface area (Å²) in [5.74, 6) is -0.0467. The zero-order chi connectivity index (χ0) is 20.4. The average Bonchev–Trinajstić information content (AvgIpc) is 2.63. The SMILES string of the molecule is Cc1ccc(S(=O)(=O)N2CCC(C(=O)N(C)CC(C)(C)CN)CC2)cc1C.Cl. The number of hydrogen-bond donors (Lipinski definition) is 1. The second kappa shape index (κ2) is 9.57. The Kier molecular flexibility index (Phi) is 8.50. The lowest BCUT2D eigenvalue weighted by Gasteiger charge is -2.35. The van der Waals surface area contributed by atoms with Crippen molar-refractivity contribution < 1.29 is 13.2 Å². The molecule has 0 atom stereocenters. The zero-order valence-corrected chi connectivity index (χ0v) is 19.2. The summed E-state index contributed by atoms with van der Waals surface area (Å²) < 4.78 is 27.3. The largest absolute Gasteiger partial charge is 0.345 e. The molecule has 1 fully saturated rings. The zero-order valence-electron chi connectivity index (χ0n) is 17.6. The molecule has 0 aliphatic carbocycles. The van der Waals surface area contributed by atoms with E-state index in [0.29, 0.717) is 43.9 Å². The van der Waals surface area contributed by atoms with E-state index in [2.05, 4.69) is 0 Å². The van der Waals surface area contributed by atoms with Crippen LogP contribution in [0.15, 0.2) is 23.1 Å². The van der Waals surface area contributed by atoms with Crippen LogP contribution in [-0.4, -0.2) is 56.8 Å². The number of aryl methyl sites for hydroxylation is 2. The van der Waals surface area contributed by atoms with E-state index in [1.54, 1.807) is 24.1 Å². The van der Waals surface area contributed by atoms with Crippen molar-refractivity contribution in [3.63, 3.8) is 0 Å². The van der Waals surface area contributed by atoms with Crippen molar-refractivity contribution in [2.45, 2.75) is 45.4 Å². The van der Waals surface area contributed by atoms with Gasteiger partial charge in [0.2, 0.25) is 15.9 Å². The molecule has 1 aliphatic rings. The molecule has 1 heterocycles. The summed E-state index contributed by atoms with van der Waals surface area (Å²) in [6.45, 7) is 9.81. The molecule has 2 N–H and O–H groups in total. The minimum Gasteiger partial charge on any atom is -0.345 e. The van der Waals surface area contributed by atoms with E-state index in [-0.39, 0.29) is 29.6 Å². The molecule has 1 aromatic rings. The monoisotopic (exact) mass is 431 g/mol. The second-order valence-electron chi connectivity index (χ2n) is 8.49. The van der Waals surface area contributed by atoms with Gasteiger partial charge in [0, 0.05) is 32.6 Å². The van der Waals surface area contributed by atoms with Crippen LogP contribution in [0.1, 0.15) is 37.8 Å². The first-order valence-electron chi connectivity index (χ1n) is 9.50. The number of amides is 1. The van der Waals surface area contributed by atoms with Crippen molar-refractivity contribution in [3.05, 3.63) is 29.3 Å².